The van der Waals surface area contributed by atoms with Crippen LogP contribution < -0.4 is 19.1 Å². The Morgan fingerprint density at radius 3 is 2.33 bits per heavy atom. The summed E-state index contributed by atoms with van der Waals surface area (Å²) in [6.07, 6.45) is 0.996. The van der Waals surface area contributed by atoms with Gasteiger partial charge in [0.05, 0.1) is 30.1 Å². The Labute approximate surface area is 191 Å². The van der Waals surface area contributed by atoms with Crippen LogP contribution in [0.4, 0.5) is 11.4 Å². The Morgan fingerprint density at radius 2 is 1.67 bits per heavy atom. The second kappa shape index (κ2) is 9.17. The van der Waals surface area contributed by atoms with Gasteiger partial charge in [0, 0.05) is 24.8 Å². The number of nitrogens with zero attached hydrogens (tertiary/aromatic N) is 2. The number of ether oxygens (including phenoxy) is 3. The molecule has 4 rings (SSSR count). The largest absolute Gasteiger partial charge is 0.454 e. The number of nitrogens with one attached hydrogen (secondary N) is 1. The second-order valence-corrected chi connectivity index (χ2v) is 11.2. The van der Waals surface area contributed by atoms with E-state index in [9.17, 15) is 21.6 Å². The first kappa shape index (κ1) is 23.3. The molecule has 2 heterocycles. The molecule has 0 aromatic heterocycles. The van der Waals surface area contributed by atoms with Crippen LogP contribution in [0.1, 0.15) is 0 Å². The fourth-order valence-electron chi connectivity index (χ4n) is 3.42. The monoisotopic (exact) mass is 497 g/mol. The van der Waals surface area contributed by atoms with Crippen LogP contribution in [-0.2, 0) is 29.6 Å². The van der Waals surface area contributed by atoms with Crippen molar-refractivity contribution in [1.82, 2.24) is 4.31 Å². The Kier molecular flexibility index (Phi) is 6.47. The third-order valence-corrected chi connectivity index (χ3v) is 8.13. The zero-order valence-electron chi connectivity index (χ0n) is 17.8. The molecule has 0 unspecified atom stereocenters. The van der Waals surface area contributed by atoms with Gasteiger partial charge in [0.15, 0.2) is 11.5 Å². The lowest BCUT2D eigenvalue weighted by Gasteiger charge is -2.26. The number of fused-ring (bicyclic) bond motifs is 1. The molecule has 0 radical (unpaired) electrons. The van der Waals surface area contributed by atoms with Crippen molar-refractivity contribution in [2.75, 3.05) is 55.5 Å². The third kappa shape index (κ3) is 5.21. The van der Waals surface area contributed by atoms with E-state index in [1.807, 2.05) is 0 Å². The van der Waals surface area contributed by atoms with E-state index in [-0.39, 0.29) is 30.5 Å². The number of carbonyl (C=O) groups is 1. The van der Waals surface area contributed by atoms with E-state index in [0.717, 1.165) is 10.6 Å². The van der Waals surface area contributed by atoms with E-state index in [0.29, 0.717) is 30.4 Å². The van der Waals surface area contributed by atoms with Gasteiger partial charge in [-0.1, -0.05) is 0 Å². The number of benzene rings is 2. The SMILES string of the molecule is CS(=O)(=O)N(CC(=O)Nc1ccc(S(=O)(=O)N2CCOCC2)cc1)c1ccc2c(c1)OCO2. The number of rotatable bonds is 7. The molecule has 0 aliphatic carbocycles. The minimum atomic E-state index is -3.78. The summed E-state index contributed by atoms with van der Waals surface area (Å²) in [5.41, 5.74) is 0.587. The highest BCUT2D eigenvalue weighted by atomic mass is 32.2. The van der Waals surface area contributed by atoms with Crippen LogP contribution in [0.15, 0.2) is 47.4 Å². The van der Waals surface area contributed by atoms with Crippen molar-refractivity contribution >= 4 is 37.3 Å². The Morgan fingerprint density at radius 1 is 1.00 bits per heavy atom. The molecule has 0 atom stereocenters. The number of hydrogen-bond acceptors (Lipinski definition) is 8. The van der Waals surface area contributed by atoms with Crippen molar-refractivity contribution in [2.45, 2.75) is 4.90 Å². The summed E-state index contributed by atoms with van der Waals surface area (Å²) in [4.78, 5) is 12.7. The summed E-state index contributed by atoms with van der Waals surface area (Å²) in [6.45, 7) is 0.798. The van der Waals surface area contributed by atoms with Gasteiger partial charge in [-0.3, -0.25) is 9.10 Å². The molecular formula is C20H23N3O8S2. The molecule has 178 valence electrons. The lowest BCUT2D eigenvalue weighted by atomic mass is 10.2. The standard InChI is InChI=1S/C20H23N3O8S2/c1-32(25,26)23(16-4-7-18-19(12-16)31-14-30-18)13-20(24)21-15-2-5-17(6-3-15)33(27,28)22-8-10-29-11-9-22/h2-7,12H,8-11,13-14H2,1H3,(H,21,24). The first-order chi connectivity index (χ1) is 15.6. The van der Waals surface area contributed by atoms with Crippen molar-refractivity contribution in [2.24, 2.45) is 0 Å². The number of anilines is 2. The molecule has 0 spiro atoms. The highest BCUT2D eigenvalue weighted by Crippen LogP contribution is 2.36. The number of sulfonamides is 2. The topological polar surface area (TPSA) is 132 Å². The van der Waals surface area contributed by atoms with E-state index in [1.165, 1.54) is 40.7 Å². The quantitative estimate of drug-likeness (QED) is 0.595. The number of morpholine rings is 1. The Balaban J connectivity index is 1.46. The van der Waals surface area contributed by atoms with Crippen LogP contribution in [0.5, 0.6) is 11.5 Å². The van der Waals surface area contributed by atoms with Crippen molar-refractivity contribution in [3.05, 3.63) is 42.5 Å². The highest BCUT2D eigenvalue weighted by Gasteiger charge is 2.27. The first-order valence-corrected chi connectivity index (χ1v) is 13.3. The summed E-state index contributed by atoms with van der Waals surface area (Å²) < 4.78 is 68.0. The minimum Gasteiger partial charge on any atom is -0.454 e. The fraction of sp³-hybridized carbons (Fsp3) is 0.350. The zero-order chi connectivity index (χ0) is 23.6. The minimum absolute atomic E-state index is 0.0371. The van der Waals surface area contributed by atoms with Crippen LogP contribution in [0.25, 0.3) is 0 Å². The van der Waals surface area contributed by atoms with Gasteiger partial charge in [-0.25, -0.2) is 16.8 Å². The number of carbonyl (C=O) groups excluding carboxylic acids is 1. The number of hydrogen-bond donors (Lipinski definition) is 1. The maximum atomic E-state index is 12.7. The normalized spacial score (nSPS) is 16.4. The average molecular weight is 498 g/mol. The van der Waals surface area contributed by atoms with Crippen LogP contribution in [0.2, 0.25) is 0 Å². The van der Waals surface area contributed by atoms with Gasteiger partial charge in [-0.2, -0.15) is 4.31 Å². The van der Waals surface area contributed by atoms with Gasteiger partial charge < -0.3 is 19.5 Å². The predicted octanol–water partition coefficient (Wildman–Crippen LogP) is 0.841. The van der Waals surface area contributed by atoms with Crippen molar-refractivity contribution in [1.29, 1.82) is 0 Å². The third-order valence-electron chi connectivity index (χ3n) is 5.08. The van der Waals surface area contributed by atoms with Gasteiger partial charge in [-0.05, 0) is 36.4 Å². The van der Waals surface area contributed by atoms with E-state index < -0.39 is 32.5 Å². The van der Waals surface area contributed by atoms with Crippen LogP contribution >= 0.6 is 0 Å². The van der Waals surface area contributed by atoms with Crippen LogP contribution in [0.3, 0.4) is 0 Å². The van der Waals surface area contributed by atoms with Crippen LogP contribution in [0, 0.1) is 0 Å². The zero-order valence-corrected chi connectivity index (χ0v) is 19.4. The molecule has 33 heavy (non-hydrogen) atoms. The predicted molar refractivity (Wildman–Crippen MR) is 119 cm³/mol. The molecule has 2 aliphatic heterocycles. The smallest absolute Gasteiger partial charge is 0.245 e. The Hall–Kier alpha value is -2.87. The molecule has 1 saturated heterocycles. The first-order valence-electron chi connectivity index (χ1n) is 10.00. The number of amides is 1. The molecule has 1 N–H and O–H groups in total. The molecule has 13 heteroatoms. The summed E-state index contributed by atoms with van der Waals surface area (Å²) in [5.74, 6) is 0.282. The Bertz CT molecular complexity index is 1240. The molecular weight excluding hydrogens is 474 g/mol. The summed E-state index contributed by atoms with van der Waals surface area (Å²) in [6, 6.07) is 10.3. The van der Waals surface area contributed by atoms with Crippen LogP contribution in [-0.4, -0.2) is 72.9 Å². The molecule has 11 nitrogen and oxygen atoms in total. The molecule has 1 amide bonds. The van der Waals surface area contributed by atoms with Crippen molar-refractivity contribution in [3.63, 3.8) is 0 Å². The summed E-state index contributed by atoms with van der Waals surface area (Å²) in [7, 11) is -7.44. The maximum Gasteiger partial charge on any atom is 0.245 e. The van der Waals surface area contributed by atoms with Gasteiger partial charge >= 0.3 is 0 Å². The molecule has 2 aliphatic rings. The summed E-state index contributed by atoms with van der Waals surface area (Å²) in [5, 5.41) is 2.60. The van der Waals surface area contributed by atoms with Gasteiger partial charge in [-0.15, -0.1) is 0 Å². The molecule has 1 fully saturated rings. The average Bonchev–Trinajstić information content (AvgIpc) is 3.25. The van der Waals surface area contributed by atoms with E-state index in [4.69, 9.17) is 14.2 Å². The molecule has 0 bridgehead atoms. The van der Waals surface area contributed by atoms with E-state index in [2.05, 4.69) is 5.32 Å². The van der Waals surface area contributed by atoms with E-state index >= 15 is 0 Å². The fourth-order valence-corrected chi connectivity index (χ4v) is 5.67. The van der Waals surface area contributed by atoms with E-state index in [1.54, 1.807) is 6.07 Å². The highest BCUT2D eigenvalue weighted by molar-refractivity contribution is 7.92. The maximum absolute atomic E-state index is 12.7. The van der Waals surface area contributed by atoms with Gasteiger partial charge in [0.2, 0.25) is 32.7 Å². The second-order valence-electron chi connectivity index (χ2n) is 7.40. The van der Waals surface area contributed by atoms with Crippen molar-refractivity contribution in [3.8, 4) is 11.5 Å². The molecule has 2 aromatic carbocycles. The lowest BCUT2D eigenvalue weighted by Crippen LogP contribution is -2.40. The van der Waals surface area contributed by atoms with Crippen molar-refractivity contribution < 1.29 is 35.8 Å². The lowest BCUT2D eigenvalue weighted by molar-refractivity contribution is -0.114. The molecule has 0 saturated carbocycles. The summed E-state index contributed by atoms with van der Waals surface area (Å²) >= 11 is 0. The van der Waals surface area contributed by atoms with Gasteiger partial charge in [0.25, 0.3) is 0 Å². The van der Waals surface area contributed by atoms with Gasteiger partial charge in [0.1, 0.15) is 6.54 Å². The molecule has 2 aromatic rings.